The van der Waals surface area contributed by atoms with E-state index in [0.29, 0.717) is 17.7 Å². The molecule has 1 aliphatic rings. The lowest BCUT2D eigenvalue weighted by Gasteiger charge is -2.34. The minimum absolute atomic E-state index is 0.134. The summed E-state index contributed by atoms with van der Waals surface area (Å²) in [4.78, 5) is 11.3. The zero-order chi connectivity index (χ0) is 14.9. The van der Waals surface area contributed by atoms with E-state index in [4.69, 9.17) is 10.4 Å². The molecular formula is C12H14N2O4S2. The number of carbonyl (C=O) groups is 1. The fraction of sp³-hybridized carbons (Fsp3) is 0.500. The third-order valence-corrected chi connectivity index (χ3v) is 6.89. The second-order valence-electron chi connectivity index (χ2n) is 4.75. The molecule has 2 atom stereocenters. The summed E-state index contributed by atoms with van der Waals surface area (Å²) >= 11 is 0.936. The minimum Gasteiger partial charge on any atom is -0.481 e. The Labute approximate surface area is 121 Å². The first-order valence-corrected chi connectivity index (χ1v) is 8.36. The molecule has 2 unspecified atom stereocenters. The quantitative estimate of drug-likeness (QED) is 0.911. The van der Waals surface area contributed by atoms with Crippen LogP contribution in [0.1, 0.15) is 24.6 Å². The summed E-state index contributed by atoms with van der Waals surface area (Å²) in [7, 11) is -3.64. The molecular weight excluding hydrogens is 300 g/mol. The van der Waals surface area contributed by atoms with E-state index in [9.17, 15) is 13.2 Å². The van der Waals surface area contributed by atoms with Gasteiger partial charge in [0.1, 0.15) is 15.2 Å². The lowest BCUT2D eigenvalue weighted by atomic mass is 9.93. The van der Waals surface area contributed by atoms with E-state index in [0.717, 1.165) is 11.3 Å². The maximum absolute atomic E-state index is 12.5. The number of hydrogen-bond acceptors (Lipinski definition) is 5. The van der Waals surface area contributed by atoms with Gasteiger partial charge in [-0.25, -0.2) is 8.42 Å². The highest BCUT2D eigenvalue weighted by atomic mass is 32.2. The van der Waals surface area contributed by atoms with Crippen molar-refractivity contribution in [1.29, 1.82) is 5.26 Å². The highest BCUT2D eigenvalue weighted by Gasteiger charge is 2.37. The van der Waals surface area contributed by atoms with Crippen LogP contribution < -0.4 is 0 Å². The first kappa shape index (κ1) is 15.0. The molecule has 2 rings (SSSR count). The number of sulfonamides is 1. The molecule has 0 saturated carbocycles. The zero-order valence-electron chi connectivity index (χ0n) is 10.8. The van der Waals surface area contributed by atoms with Crippen LogP contribution in [-0.2, 0) is 14.8 Å². The Hall–Kier alpha value is -1.43. The van der Waals surface area contributed by atoms with Gasteiger partial charge in [0.25, 0.3) is 10.0 Å². The molecule has 1 aromatic heterocycles. The zero-order valence-corrected chi connectivity index (χ0v) is 12.4. The molecule has 108 valence electrons. The lowest BCUT2D eigenvalue weighted by Crippen LogP contribution is -2.45. The molecule has 0 radical (unpaired) electrons. The van der Waals surface area contributed by atoms with Crippen molar-refractivity contribution in [3.63, 3.8) is 0 Å². The third kappa shape index (κ3) is 2.70. The van der Waals surface area contributed by atoms with Crippen LogP contribution in [-0.4, -0.2) is 36.4 Å². The van der Waals surface area contributed by atoms with Gasteiger partial charge in [0.05, 0.1) is 5.92 Å². The molecule has 1 N–H and O–H groups in total. The summed E-state index contributed by atoms with van der Waals surface area (Å²) in [6.45, 7) is 1.91. The SMILES string of the molecule is CC1CC(C(=O)O)CCN1S(=O)(=O)c1ccc(C#N)s1. The second-order valence-corrected chi connectivity index (χ2v) is 7.96. The van der Waals surface area contributed by atoms with E-state index in [1.165, 1.54) is 16.4 Å². The van der Waals surface area contributed by atoms with Crippen LogP contribution in [0.25, 0.3) is 0 Å². The topological polar surface area (TPSA) is 98.5 Å². The Morgan fingerprint density at radius 1 is 1.55 bits per heavy atom. The van der Waals surface area contributed by atoms with E-state index in [1.807, 2.05) is 6.07 Å². The maximum atomic E-state index is 12.5. The van der Waals surface area contributed by atoms with Crippen LogP contribution in [0.4, 0.5) is 0 Å². The number of aliphatic carboxylic acids is 1. The van der Waals surface area contributed by atoms with Gasteiger partial charge in [-0.05, 0) is 31.9 Å². The Balaban J connectivity index is 2.23. The molecule has 6 nitrogen and oxygen atoms in total. The van der Waals surface area contributed by atoms with Gasteiger partial charge >= 0.3 is 5.97 Å². The number of rotatable bonds is 3. The molecule has 0 bridgehead atoms. The van der Waals surface area contributed by atoms with E-state index >= 15 is 0 Å². The van der Waals surface area contributed by atoms with Crippen LogP contribution in [0.2, 0.25) is 0 Å². The van der Waals surface area contributed by atoms with Crippen molar-refractivity contribution < 1.29 is 18.3 Å². The van der Waals surface area contributed by atoms with Crippen LogP contribution in [0.3, 0.4) is 0 Å². The Morgan fingerprint density at radius 2 is 2.25 bits per heavy atom. The van der Waals surface area contributed by atoms with Gasteiger partial charge < -0.3 is 5.11 Å². The van der Waals surface area contributed by atoms with Crippen molar-refractivity contribution in [2.45, 2.75) is 30.0 Å². The molecule has 0 spiro atoms. The van der Waals surface area contributed by atoms with Crippen molar-refractivity contribution in [1.82, 2.24) is 4.31 Å². The number of piperidine rings is 1. The van der Waals surface area contributed by atoms with Crippen LogP contribution in [0.15, 0.2) is 16.3 Å². The average Bonchev–Trinajstić information content (AvgIpc) is 2.87. The fourth-order valence-corrected chi connectivity index (χ4v) is 5.26. The molecule has 8 heteroatoms. The second kappa shape index (κ2) is 5.52. The van der Waals surface area contributed by atoms with Crippen molar-refractivity contribution >= 4 is 27.3 Å². The number of hydrogen-bond donors (Lipinski definition) is 1. The number of carboxylic acids is 1. The van der Waals surface area contributed by atoms with Crippen molar-refractivity contribution in [3.05, 3.63) is 17.0 Å². The number of nitriles is 1. The highest BCUT2D eigenvalue weighted by molar-refractivity contribution is 7.91. The van der Waals surface area contributed by atoms with Crippen molar-refractivity contribution in [2.75, 3.05) is 6.54 Å². The predicted octanol–water partition coefficient (Wildman–Crippen LogP) is 1.49. The standard InChI is InChI=1S/C12H14N2O4S2/c1-8-6-9(12(15)16)4-5-14(8)20(17,18)11-3-2-10(7-13)19-11/h2-3,8-9H,4-6H2,1H3,(H,15,16). The van der Waals surface area contributed by atoms with E-state index in [-0.39, 0.29) is 16.8 Å². The smallest absolute Gasteiger partial charge is 0.306 e. The summed E-state index contributed by atoms with van der Waals surface area (Å²) in [5.41, 5.74) is 0. The molecule has 20 heavy (non-hydrogen) atoms. The van der Waals surface area contributed by atoms with Crippen molar-refractivity contribution in [3.8, 4) is 6.07 Å². The van der Waals surface area contributed by atoms with E-state index in [2.05, 4.69) is 0 Å². The van der Waals surface area contributed by atoms with Gasteiger partial charge in [-0.2, -0.15) is 9.57 Å². The molecule has 1 saturated heterocycles. The lowest BCUT2D eigenvalue weighted by molar-refractivity contribution is -0.143. The molecule has 0 amide bonds. The summed E-state index contributed by atoms with van der Waals surface area (Å²) < 4.78 is 26.4. The molecule has 1 aromatic rings. The van der Waals surface area contributed by atoms with Gasteiger partial charge in [0.2, 0.25) is 0 Å². The van der Waals surface area contributed by atoms with Crippen LogP contribution >= 0.6 is 11.3 Å². The van der Waals surface area contributed by atoms with Crippen molar-refractivity contribution in [2.24, 2.45) is 5.92 Å². The summed E-state index contributed by atoms with van der Waals surface area (Å²) in [6, 6.07) is 4.46. The number of carboxylic acid groups (broad SMARTS) is 1. The van der Waals surface area contributed by atoms with Crippen LogP contribution in [0.5, 0.6) is 0 Å². The molecule has 1 aliphatic heterocycles. The van der Waals surface area contributed by atoms with Gasteiger partial charge in [-0.15, -0.1) is 11.3 Å². The van der Waals surface area contributed by atoms with E-state index in [1.54, 1.807) is 6.92 Å². The Morgan fingerprint density at radius 3 is 2.75 bits per heavy atom. The molecule has 0 aliphatic carbocycles. The average molecular weight is 314 g/mol. The van der Waals surface area contributed by atoms with Crippen LogP contribution in [0, 0.1) is 17.2 Å². The summed E-state index contributed by atoms with van der Waals surface area (Å²) in [6.07, 6.45) is 0.625. The van der Waals surface area contributed by atoms with E-state index < -0.39 is 21.9 Å². The molecule has 1 fully saturated rings. The van der Waals surface area contributed by atoms with Gasteiger partial charge in [-0.1, -0.05) is 0 Å². The largest absolute Gasteiger partial charge is 0.481 e. The summed E-state index contributed by atoms with van der Waals surface area (Å²) in [5, 5.41) is 17.8. The fourth-order valence-electron chi connectivity index (χ4n) is 2.37. The van der Waals surface area contributed by atoms with Gasteiger partial charge in [0.15, 0.2) is 0 Å². The first-order valence-electron chi connectivity index (χ1n) is 6.11. The Bertz CT molecular complexity index is 659. The first-order chi connectivity index (χ1) is 9.36. The van der Waals surface area contributed by atoms with Gasteiger partial charge in [0, 0.05) is 12.6 Å². The predicted molar refractivity (Wildman–Crippen MR) is 72.7 cm³/mol. The minimum atomic E-state index is -3.64. The monoisotopic (exact) mass is 314 g/mol. The maximum Gasteiger partial charge on any atom is 0.306 e. The Kier molecular flexibility index (Phi) is 4.13. The highest BCUT2D eigenvalue weighted by Crippen LogP contribution is 2.31. The molecule has 0 aromatic carbocycles. The number of nitrogens with zero attached hydrogens (tertiary/aromatic N) is 2. The normalized spacial score (nSPS) is 24.2. The third-order valence-electron chi connectivity index (χ3n) is 3.42. The number of thiophene rings is 1. The summed E-state index contributed by atoms with van der Waals surface area (Å²) in [5.74, 6) is -1.37. The molecule has 2 heterocycles. The van der Waals surface area contributed by atoms with Gasteiger partial charge in [-0.3, -0.25) is 4.79 Å².